The van der Waals surface area contributed by atoms with Gasteiger partial charge < -0.3 is 10.4 Å². The topological polar surface area (TPSA) is 104 Å². The van der Waals surface area contributed by atoms with Gasteiger partial charge >= 0.3 is 5.97 Å². The van der Waals surface area contributed by atoms with Crippen LogP contribution in [-0.4, -0.2) is 49.3 Å². The summed E-state index contributed by atoms with van der Waals surface area (Å²) < 4.78 is 26.7. The third-order valence-corrected chi connectivity index (χ3v) is 7.27. The number of carboxylic acids is 1. The molecule has 7 nitrogen and oxygen atoms in total. The van der Waals surface area contributed by atoms with Crippen LogP contribution in [-0.2, 0) is 14.8 Å². The lowest BCUT2D eigenvalue weighted by atomic mass is 9.97. The molecule has 0 unspecified atom stereocenters. The molecule has 0 radical (unpaired) electrons. The molecule has 0 aromatic heterocycles. The van der Waals surface area contributed by atoms with Crippen molar-refractivity contribution in [2.24, 2.45) is 11.3 Å². The maximum atomic E-state index is 12.7. The highest BCUT2D eigenvalue weighted by molar-refractivity contribution is 7.89. The predicted octanol–water partition coefficient (Wildman–Crippen LogP) is 1.70. The number of amides is 1. The number of rotatable bonds is 6. The number of carbonyl (C=O) groups excluding carboxylic acids is 1. The fraction of sp³-hybridized carbons (Fsp3) is 0.556. The van der Waals surface area contributed by atoms with Gasteiger partial charge in [-0.2, -0.15) is 4.31 Å². The molecule has 0 atom stereocenters. The molecular weight excluding hydrogens is 356 g/mol. The number of nitrogens with zero attached hydrogens (tertiary/aromatic N) is 1. The Bertz CT molecular complexity index is 791. The van der Waals surface area contributed by atoms with Gasteiger partial charge in [0.2, 0.25) is 15.9 Å². The van der Waals surface area contributed by atoms with Crippen molar-refractivity contribution in [1.82, 2.24) is 9.62 Å². The minimum absolute atomic E-state index is 0.0148. The lowest BCUT2D eigenvalue weighted by Crippen LogP contribution is -2.43. The molecule has 0 spiro atoms. The largest absolute Gasteiger partial charge is 0.478 e. The van der Waals surface area contributed by atoms with E-state index in [4.69, 9.17) is 5.11 Å². The van der Waals surface area contributed by atoms with Crippen molar-refractivity contribution in [3.8, 4) is 0 Å². The highest BCUT2D eigenvalue weighted by Crippen LogP contribution is 2.44. The molecule has 0 bridgehead atoms. The maximum Gasteiger partial charge on any atom is 0.335 e. The number of nitrogens with one attached hydrogen (secondary N) is 1. The molecule has 1 aromatic rings. The van der Waals surface area contributed by atoms with Crippen molar-refractivity contribution < 1.29 is 23.1 Å². The molecule has 142 valence electrons. The molecule has 1 aliphatic heterocycles. The number of carbonyl (C=O) groups is 2. The Balaban J connectivity index is 1.57. The van der Waals surface area contributed by atoms with Crippen LogP contribution < -0.4 is 5.32 Å². The van der Waals surface area contributed by atoms with Crippen LogP contribution >= 0.6 is 0 Å². The van der Waals surface area contributed by atoms with E-state index in [1.54, 1.807) is 0 Å². The average Bonchev–Trinajstić information content (AvgIpc) is 3.37. The number of piperidine rings is 1. The Morgan fingerprint density at radius 3 is 2.27 bits per heavy atom. The summed E-state index contributed by atoms with van der Waals surface area (Å²) in [6.07, 6.45) is 3.28. The first-order valence-electron chi connectivity index (χ1n) is 8.83. The smallest absolute Gasteiger partial charge is 0.335 e. The van der Waals surface area contributed by atoms with Crippen molar-refractivity contribution in [2.45, 2.75) is 37.5 Å². The van der Waals surface area contributed by atoms with Crippen LogP contribution in [0.5, 0.6) is 0 Å². The number of aromatic carboxylic acids is 1. The first-order chi connectivity index (χ1) is 12.2. The molecular formula is C18H24N2O5S. The van der Waals surface area contributed by atoms with Crippen LogP contribution in [0.15, 0.2) is 29.2 Å². The van der Waals surface area contributed by atoms with Gasteiger partial charge in [0.1, 0.15) is 0 Å². The van der Waals surface area contributed by atoms with Gasteiger partial charge in [-0.25, -0.2) is 13.2 Å². The van der Waals surface area contributed by atoms with E-state index in [0.717, 1.165) is 12.8 Å². The van der Waals surface area contributed by atoms with Gasteiger partial charge in [0.15, 0.2) is 0 Å². The third kappa shape index (κ3) is 4.07. The van der Waals surface area contributed by atoms with Crippen LogP contribution in [0.1, 0.15) is 43.0 Å². The molecule has 1 heterocycles. The molecule has 8 heteroatoms. The van der Waals surface area contributed by atoms with Gasteiger partial charge in [-0.1, -0.05) is 6.92 Å². The summed E-state index contributed by atoms with van der Waals surface area (Å²) in [5.41, 5.74) is 0.297. The second-order valence-electron chi connectivity index (χ2n) is 7.54. The molecule has 1 saturated heterocycles. The van der Waals surface area contributed by atoms with Crippen LogP contribution in [0.25, 0.3) is 0 Å². The number of hydrogen-bond donors (Lipinski definition) is 2. The fourth-order valence-corrected chi connectivity index (χ4v) is 4.58. The molecule has 2 N–H and O–H groups in total. The van der Waals surface area contributed by atoms with E-state index in [9.17, 15) is 18.0 Å². The Labute approximate surface area is 153 Å². The molecule has 2 fully saturated rings. The van der Waals surface area contributed by atoms with Gasteiger partial charge in [0.05, 0.1) is 10.5 Å². The molecule has 1 aliphatic carbocycles. The molecule has 3 rings (SSSR count). The highest BCUT2D eigenvalue weighted by Gasteiger charge is 2.38. The Morgan fingerprint density at radius 1 is 1.19 bits per heavy atom. The zero-order valence-corrected chi connectivity index (χ0v) is 15.6. The van der Waals surface area contributed by atoms with E-state index in [-0.39, 0.29) is 27.7 Å². The van der Waals surface area contributed by atoms with Crippen molar-refractivity contribution in [1.29, 1.82) is 0 Å². The van der Waals surface area contributed by atoms with Crippen LogP contribution in [0.3, 0.4) is 0 Å². The lowest BCUT2D eigenvalue weighted by Gasteiger charge is -2.30. The third-order valence-electron chi connectivity index (χ3n) is 5.36. The van der Waals surface area contributed by atoms with Crippen molar-refractivity contribution >= 4 is 21.9 Å². The molecule has 26 heavy (non-hydrogen) atoms. The van der Waals surface area contributed by atoms with Gasteiger partial charge in [0, 0.05) is 25.6 Å². The van der Waals surface area contributed by atoms with Crippen molar-refractivity contribution in [3.05, 3.63) is 29.8 Å². The Kier molecular flexibility index (Phi) is 5.07. The Hall–Kier alpha value is -1.93. The Morgan fingerprint density at radius 2 is 1.77 bits per heavy atom. The summed E-state index contributed by atoms with van der Waals surface area (Å²) >= 11 is 0. The van der Waals surface area contributed by atoms with E-state index in [1.165, 1.54) is 28.6 Å². The highest BCUT2D eigenvalue weighted by atomic mass is 32.2. The molecule has 2 aliphatic rings. The van der Waals surface area contributed by atoms with Crippen molar-refractivity contribution in [3.63, 3.8) is 0 Å². The first-order valence-corrected chi connectivity index (χ1v) is 10.3. The van der Waals surface area contributed by atoms with Gasteiger partial charge in [-0.05, 0) is 55.4 Å². The summed E-state index contributed by atoms with van der Waals surface area (Å²) in [6.45, 7) is 3.43. The molecule has 1 saturated carbocycles. The summed E-state index contributed by atoms with van der Waals surface area (Å²) in [4.78, 5) is 23.2. The number of carboxylic acid groups (broad SMARTS) is 1. The molecule has 1 aromatic carbocycles. The van der Waals surface area contributed by atoms with Crippen LogP contribution in [0.4, 0.5) is 0 Å². The first kappa shape index (κ1) is 18.8. The summed E-state index contributed by atoms with van der Waals surface area (Å²) in [5.74, 6) is -1.24. The zero-order valence-electron chi connectivity index (χ0n) is 14.8. The van der Waals surface area contributed by atoms with E-state index in [1.807, 2.05) is 0 Å². The monoisotopic (exact) mass is 380 g/mol. The van der Waals surface area contributed by atoms with Crippen LogP contribution in [0.2, 0.25) is 0 Å². The fourth-order valence-electron chi connectivity index (χ4n) is 3.11. The van der Waals surface area contributed by atoms with Gasteiger partial charge in [-0.15, -0.1) is 0 Å². The van der Waals surface area contributed by atoms with Crippen molar-refractivity contribution in [2.75, 3.05) is 19.6 Å². The standard InChI is InChI=1S/C18H24N2O5S/c1-18(8-9-18)12-19-16(21)13-6-10-20(11-7-13)26(24,25)15-4-2-14(3-5-15)17(22)23/h2-5,13H,6-12H2,1H3,(H,19,21)(H,22,23). The SMILES string of the molecule is CC1(CNC(=O)C2CCN(S(=O)(=O)c3ccc(C(=O)O)cc3)CC2)CC1. The number of sulfonamides is 1. The summed E-state index contributed by atoms with van der Waals surface area (Å²) in [5, 5.41) is 11.9. The van der Waals surface area contributed by atoms with Gasteiger partial charge in [-0.3, -0.25) is 4.79 Å². The second kappa shape index (κ2) is 7.00. The van der Waals surface area contributed by atoms with E-state index in [2.05, 4.69) is 12.2 Å². The predicted molar refractivity (Wildman–Crippen MR) is 95.2 cm³/mol. The quantitative estimate of drug-likeness (QED) is 0.782. The number of hydrogen-bond acceptors (Lipinski definition) is 4. The maximum absolute atomic E-state index is 12.7. The normalized spacial score (nSPS) is 20.5. The minimum Gasteiger partial charge on any atom is -0.478 e. The summed E-state index contributed by atoms with van der Waals surface area (Å²) in [7, 11) is -3.67. The number of benzene rings is 1. The zero-order chi connectivity index (χ0) is 18.9. The van der Waals surface area contributed by atoms with E-state index < -0.39 is 16.0 Å². The van der Waals surface area contributed by atoms with Gasteiger partial charge in [0.25, 0.3) is 0 Å². The van der Waals surface area contributed by atoms with E-state index >= 15 is 0 Å². The average molecular weight is 380 g/mol. The van der Waals surface area contributed by atoms with E-state index in [0.29, 0.717) is 32.5 Å². The molecule has 1 amide bonds. The lowest BCUT2D eigenvalue weighted by molar-refractivity contribution is -0.126. The minimum atomic E-state index is -3.67. The summed E-state index contributed by atoms with van der Waals surface area (Å²) in [6, 6.07) is 5.20. The van der Waals surface area contributed by atoms with Crippen LogP contribution in [0, 0.1) is 11.3 Å². The second-order valence-corrected chi connectivity index (χ2v) is 9.47.